The van der Waals surface area contributed by atoms with Crippen molar-refractivity contribution in [1.29, 1.82) is 0 Å². The average molecular weight is 481 g/mol. The third kappa shape index (κ3) is 3.31. The minimum absolute atomic E-state index is 0.115. The standard InChI is InChI=1S/C23H21BrN4O3/c1-23(31-11-15(29)10-28-13-25-12-26-28)18-6-4-3-5-16(18)20-17-9-14(24)7-8-19(17)27-22(30-2)21(20)23/h3-9,12-13,15,29H,10-11H2,1-2H3. The Balaban J connectivity index is 1.62. The van der Waals surface area contributed by atoms with Crippen LogP contribution in [-0.4, -0.2) is 44.7 Å². The van der Waals surface area contributed by atoms with Gasteiger partial charge in [0.25, 0.3) is 0 Å². The van der Waals surface area contributed by atoms with E-state index in [0.717, 1.165) is 37.6 Å². The molecule has 1 aliphatic carbocycles. The molecule has 1 N–H and O–H groups in total. The van der Waals surface area contributed by atoms with Gasteiger partial charge in [-0.25, -0.2) is 9.97 Å². The van der Waals surface area contributed by atoms with Gasteiger partial charge in [-0.15, -0.1) is 0 Å². The molecule has 5 rings (SSSR count). The zero-order valence-corrected chi connectivity index (χ0v) is 18.7. The second-order valence-corrected chi connectivity index (χ2v) is 8.61. The molecule has 2 unspecified atom stereocenters. The lowest BCUT2D eigenvalue weighted by Crippen LogP contribution is -2.32. The number of hydrogen-bond acceptors (Lipinski definition) is 6. The highest BCUT2D eigenvalue weighted by molar-refractivity contribution is 9.10. The maximum absolute atomic E-state index is 10.6. The van der Waals surface area contributed by atoms with Gasteiger partial charge in [-0.2, -0.15) is 5.10 Å². The third-order valence-corrected chi connectivity index (χ3v) is 6.22. The molecule has 2 atom stereocenters. The van der Waals surface area contributed by atoms with Crippen molar-refractivity contribution in [3.63, 3.8) is 0 Å². The summed E-state index contributed by atoms with van der Waals surface area (Å²) >= 11 is 3.59. The Morgan fingerprint density at radius 2 is 2.06 bits per heavy atom. The quantitative estimate of drug-likeness (QED) is 0.450. The van der Waals surface area contributed by atoms with E-state index in [1.54, 1.807) is 18.1 Å². The summed E-state index contributed by atoms with van der Waals surface area (Å²) in [5, 5.41) is 15.6. The fourth-order valence-corrected chi connectivity index (χ4v) is 4.70. The summed E-state index contributed by atoms with van der Waals surface area (Å²) in [5.74, 6) is 0.522. The van der Waals surface area contributed by atoms with Crippen LogP contribution < -0.4 is 4.74 Å². The fraction of sp³-hybridized carbons (Fsp3) is 0.261. The summed E-state index contributed by atoms with van der Waals surface area (Å²) < 4.78 is 14.7. The van der Waals surface area contributed by atoms with Gasteiger partial charge in [0.2, 0.25) is 5.88 Å². The van der Waals surface area contributed by atoms with Crippen LogP contribution in [0.25, 0.3) is 22.0 Å². The van der Waals surface area contributed by atoms with E-state index in [9.17, 15) is 5.11 Å². The Hall–Kier alpha value is -2.81. The van der Waals surface area contributed by atoms with Crippen molar-refractivity contribution in [2.45, 2.75) is 25.2 Å². The highest BCUT2D eigenvalue weighted by Gasteiger charge is 2.45. The van der Waals surface area contributed by atoms with E-state index in [2.05, 4.69) is 44.2 Å². The Morgan fingerprint density at radius 3 is 2.84 bits per heavy atom. The van der Waals surface area contributed by atoms with E-state index in [0.29, 0.717) is 12.4 Å². The predicted octanol–water partition coefficient (Wildman–Crippen LogP) is 3.92. The summed E-state index contributed by atoms with van der Waals surface area (Å²) in [6.07, 6.45) is 2.27. The minimum atomic E-state index is -0.829. The number of aliphatic hydroxyl groups excluding tert-OH is 1. The lowest BCUT2D eigenvalue weighted by Gasteiger charge is -2.29. The molecule has 31 heavy (non-hydrogen) atoms. The highest BCUT2D eigenvalue weighted by atomic mass is 79.9. The molecule has 0 fully saturated rings. The van der Waals surface area contributed by atoms with Crippen molar-refractivity contribution < 1.29 is 14.6 Å². The highest BCUT2D eigenvalue weighted by Crippen LogP contribution is 2.54. The predicted molar refractivity (Wildman–Crippen MR) is 120 cm³/mol. The van der Waals surface area contributed by atoms with Gasteiger partial charge < -0.3 is 14.6 Å². The van der Waals surface area contributed by atoms with Gasteiger partial charge in [-0.05, 0) is 36.2 Å². The number of methoxy groups -OCH3 is 1. The fourth-order valence-electron chi connectivity index (χ4n) is 4.34. The molecule has 0 aliphatic heterocycles. The topological polar surface area (TPSA) is 82.3 Å². The summed E-state index contributed by atoms with van der Waals surface area (Å²) in [4.78, 5) is 8.68. The molecule has 1 aliphatic rings. The normalized spacial score (nSPS) is 18.1. The molecule has 0 spiro atoms. The minimum Gasteiger partial charge on any atom is -0.481 e. The smallest absolute Gasteiger partial charge is 0.220 e. The first-order chi connectivity index (χ1) is 15.0. The van der Waals surface area contributed by atoms with Crippen LogP contribution in [0.5, 0.6) is 5.88 Å². The van der Waals surface area contributed by atoms with Crippen LogP contribution in [0.15, 0.2) is 59.6 Å². The van der Waals surface area contributed by atoms with Crippen molar-refractivity contribution in [2.75, 3.05) is 13.7 Å². The molecule has 0 radical (unpaired) electrons. The molecule has 0 saturated carbocycles. The number of benzene rings is 2. The molecule has 0 amide bonds. The lowest BCUT2D eigenvalue weighted by molar-refractivity contribution is -0.0535. The molecule has 0 bridgehead atoms. The van der Waals surface area contributed by atoms with Gasteiger partial charge in [-0.3, -0.25) is 4.68 Å². The molecule has 2 aromatic carbocycles. The number of hydrogen-bond donors (Lipinski definition) is 1. The maximum atomic E-state index is 10.6. The first-order valence-electron chi connectivity index (χ1n) is 9.93. The maximum Gasteiger partial charge on any atom is 0.220 e. The van der Waals surface area contributed by atoms with Gasteiger partial charge in [0, 0.05) is 15.4 Å². The SMILES string of the molecule is COc1nc2ccc(Br)cc2c2c1C(C)(OCC(O)Cn1cncn1)c1ccccc1-2. The zero-order valence-electron chi connectivity index (χ0n) is 17.1. The van der Waals surface area contributed by atoms with Crippen LogP contribution in [0, 0.1) is 0 Å². The van der Waals surface area contributed by atoms with E-state index in [1.807, 2.05) is 31.2 Å². The number of ether oxygens (including phenoxy) is 2. The summed E-state index contributed by atoms with van der Waals surface area (Å²) in [6.45, 7) is 2.42. The van der Waals surface area contributed by atoms with Crippen LogP contribution in [0.4, 0.5) is 0 Å². The van der Waals surface area contributed by atoms with Crippen molar-refractivity contribution in [1.82, 2.24) is 19.7 Å². The summed E-state index contributed by atoms with van der Waals surface area (Å²) in [6, 6.07) is 14.2. The Morgan fingerprint density at radius 1 is 1.23 bits per heavy atom. The number of aromatic nitrogens is 4. The second kappa shape index (κ2) is 7.71. The third-order valence-electron chi connectivity index (χ3n) is 5.72. The van der Waals surface area contributed by atoms with Crippen LogP contribution in [0.1, 0.15) is 18.1 Å². The number of halogens is 1. The van der Waals surface area contributed by atoms with Gasteiger partial charge in [-0.1, -0.05) is 40.2 Å². The molecule has 2 aromatic heterocycles. The van der Waals surface area contributed by atoms with E-state index < -0.39 is 11.7 Å². The number of fused-ring (bicyclic) bond motifs is 5. The Labute approximate surface area is 187 Å². The molecule has 2 heterocycles. The monoisotopic (exact) mass is 480 g/mol. The molecule has 158 valence electrons. The van der Waals surface area contributed by atoms with Crippen LogP contribution in [0.3, 0.4) is 0 Å². The van der Waals surface area contributed by atoms with Crippen LogP contribution >= 0.6 is 15.9 Å². The first kappa shape index (κ1) is 20.1. The average Bonchev–Trinajstić information content (AvgIpc) is 3.37. The molecule has 0 saturated heterocycles. The van der Waals surface area contributed by atoms with Crippen molar-refractivity contribution in [3.8, 4) is 17.0 Å². The second-order valence-electron chi connectivity index (χ2n) is 7.69. The van der Waals surface area contributed by atoms with E-state index in [4.69, 9.17) is 14.5 Å². The van der Waals surface area contributed by atoms with E-state index >= 15 is 0 Å². The first-order valence-corrected chi connectivity index (χ1v) is 10.7. The van der Waals surface area contributed by atoms with Gasteiger partial charge >= 0.3 is 0 Å². The number of pyridine rings is 1. The van der Waals surface area contributed by atoms with E-state index in [1.165, 1.54) is 6.33 Å². The molecule has 8 heteroatoms. The van der Waals surface area contributed by atoms with Crippen molar-refractivity contribution in [2.24, 2.45) is 0 Å². The number of aliphatic hydroxyl groups is 1. The Bertz CT molecular complexity index is 1260. The van der Waals surface area contributed by atoms with Gasteiger partial charge in [0.05, 0.1) is 37.4 Å². The lowest BCUT2D eigenvalue weighted by atomic mass is 9.93. The van der Waals surface area contributed by atoms with Crippen molar-refractivity contribution in [3.05, 3.63) is 70.7 Å². The Kier molecular flexibility index (Phi) is 5.00. The molecule has 4 aromatic rings. The summed E-state index contributed by atoms with van der Waals surface area (Å²) in [5.41, 5.74) is 4.04. The number of nitrogens with zero attached hydrogens (tertiary/aromatic N) is 4. The largest absolute Gasteiger partial charge is 0.481 e. The molecule has 7 nitrogen and oxygen atoms in total. The molecular formula is C23H21BrN4O3. The van der Waals surface area contributed by atoms with Gasteiger partial charge in [0.15, 0.2) is 0 Å². The van der Waals surface area contributed by atoms with Gasteiger partial charge in [0.1, 0.15) is 18.3 Å². The van der Waals surface area contributed by atoms with Crippen LogP contribution in [-0.2, 0) is 16.9 Å². The molecular weight excluding hydrogens is 460 g/mol. The van der Waals surface area contributed by atoms with Crippen LogP contribution in [0.2, 0.25) is 0 Å². The summed E-state index contributed by atoms with van der Waals surface area (Å²) in [7, 11) is 1.62. The van der Waals surface area contributed by atoms with Crippen molar-refractivity contribution >= 4 is 26.8 Å². The van der Waals surface area contributed by atoms with E-state index in [-0.39, 0.29) is 6.61 Å². The number of rotatable bonds is 6. The zero-order chi connectivity index (χ0) is 21.6.